The Bertz CT molecular complexity index is 638. The van der Waals surface area contributed by atoms with Crippen molar-refractivity contribution >= 4 is 0 Å². The molecule has 1 saturated heterocycles. The van der Waals surface area contributed by atoms with Crippen molar-refractivity contribution in [3.63, 3.8) is 0 Å². The van der Waals surface area contributed by atoms with Crippen LogP contribution in [-0.4, -0.2) is 32.4 Å². The predicted molar refractivity (Wildman–Crippen MR) is 96.6 cm³/mol. The summed E-state index contributed by atoms with van der Waals surface area (Å²) < 4.78 is 1.95. The average Bonchev–Trinajstić information content (AvgIpc) is 2.79. The fourth-order valence-corrected chi connectivity index (χ4v) is 3.70. The molecule has 0 spiro atoms. The molecule has 1 N–H and O–H groups in total. The van der Waals surface area contributed by atoms with Gasteiger partial charge in [0.15, 0.2) is 0 Å². The summed E-state index contributed by atoms with van der Waals surface area (Å²) in [5.41, 5.74) is 3.57. The van der Waals surface area contributed by atoms with Gasteiger partial charge in [-0.3, -0.25) is 9.58 Å². The van der Waals surface area contributed by atoms with Crippen LogP contribution in [0.4, 0.5) is 0 Å². The van der Waals surface area contributed by atoms with E-state index in [0.717, 1.165) is 25.1 Å². The van der Waals surface area contributed by atoms with Gasteiger partial charge in [0.1, 0.15) is 0 Å². The molecule has 130 valence electrons. The van der Waals surface area contributed by atoms with Crippen molar-refractivity contribution in [1.82, 2.24) is 14.7 Å². The van der Waals surface area contributed by atoms with Gasteiger partial charge in [0.05, 0.1) is 12.3 Å². The average molecular weight is 327 g/mol. The molecule has 2 heterocycles. The number of aliphatic hydroxyl groups is 1. The number of benzene rings is 1. The van der Waals surface area contributed by atoms with Gasteiger partial charge >= 0.3 is 0 Å². The minimum atomic E-state index is -0.383. The van der Waals surface area contributed by atoms with E-state index in [9.17, 15) is 5.11 Å². The highest BCUT2D eigenvalue weighted by Gasteiger charge is 2.25. The van der Waals surface area contributed by atoms with Gasteiger partial charge in [0, 0.05) is 30.9 Å². The highest BCUT2D eigenvalue weighted by Crippen LogP contribution is 2.28. The molecule has 1 aromatic heterocycles. The molecule has 0 saturated carbocycles. The number of aryl methyl sites for hydroxylation is 1. The quantitative estimate of drug-likeness (QED) is 0.912. The largest absolute Gasteiger partial charge is 0.388 e. The van der Waals surface area contributed by atoms with E-state index in [-0.39, 0.29) is 6.10 Å². The Morgan fingerprint density at radius 1 is 1.21 bits per heavy atom. The van der Waals surface area contributed by atoms with E-state index >= 15 is 0 Å². The highest BCUT2D eigenvalue weighted by atomic mass is 16.3. The summed E-state index contributed by atoms with van der Waals surface area (Å²) in [6.07, 6.45) is 7.39. The zero-order valence-electron chi connectivity index (χ0n) is 14.9. The third-order valence-corrected chi connectivity index (χ3v) is 5.39. The van der Waals surface area contributed by atoms with Gasteiger partial charge < -0.3 is 5.11 Å². The highest BCUT2D eigenvalue weighted by molar-refractivity contribution is 5.18. The van der Waals surface area contributed by atoms with Crippen LogP contribution in [0.25, 0.3) is 0 Å². The van der Waals surface area contributed by atoms with Crippen LogP contribution in [0, 0.1) is 6.92 Å². The van der Waals surface area contributed by atoms with Gasteiger partial charge in [-0.2, -0.15) is 5.10 Å². The summed E-state index contributed by atoms with van der Waals surface area (Å²) in [7, 11) is 2.00. The van der Waals surface area contributed by atoms with Gasteiger partial charge in [-0.1, -0.05) is 43.2 Å². The molecule has 0 radical (unpaired) electrons. The number of likely N-dealkylation sites (tertiary alicyclic amines) is 1. The molecule has 2 unspecified atom stereocenters. The molecule has 0 bridgehead atoms. The van der Waals surface area contributed by atoms with Gasteiger partial charge in [0.25, 0.3) is 0 Å². The third kappa shape index (κ3) is 4.05. The maximum absolute atomic E-state index is 10.7. The molecule has 2 atom stereocenters. The lowest BCUT2D eigenvalue weighted by molar-refractivity contribution is 0.0974. The van der Waals surface area contributed by atoms with Gasteiger partial charge in [-0.25, -0.2) is 0 Å². The first-order valence-corrected chi connectivity index (χ1v) is 9.09. The van der Waals surface area contributed by atoms with Crippen LogP contribution in [-0.2, 0) is 13.6 Å². The summed E-state index contributed by atoms with van der Waals surface area (Å²) in [5.74, 6) is 0. The Morgan fingerprint density at radius 2 is 2.00 bits per heavy atom. The third-order valence-electron chi connectivity index (χ3n) is 5.39. The molecular formula is C20H29N3O. The van der Waals surface area contributed by atoms with E-state index in [1.54, 1.807) is 0 Å². The Balaban J connectivity index is 1.71. The van der Waals surface area contributed by atoms with Gasteiger partial charge in [-0.05, 0) is 38.3 Å². The molecule has 0 amide bonds. The SMILES string of the molecule is Cc1c(CN2CCCCCC2CC(O)c2ccccc2)cnn1C. The molecule has 24 heavy (non-hydrogen) atoms. The van der Waals surface area contributed by atoms with Crippen LogP contribution in [0.1, 0.15) is 55.0 Å². The summed E-state index contributed by atoms with van der Waals surface area (Å²) in [6, 6.07) is 10.5. The van der Waals surface area contributed by atoms with E-state index in [0.29, 0.717) is 6.04 Å². The first-order chi connectivity index (χ1) is 11.6. The van der Waals surface area contributed by atoms with E-state index < -0.39 is 0 Å². The number of hydrogen-bond donors (Lipinski definition) is 1. The van der Waals surface area contributed by atoms with Crippen LogP contribution < -0.4 is 0 Å². The van der Waals surface area contributed by atoms with Crippen molar-refractivity contribution in [1.29, 1.82) is 0 Å². The Morgan fingerprint density at radius 3 is 2.71 bits per heavy atom. The number of hydrogen-bond acceptors (Lipinski definition) is 3. The molecule has 0 aliphatic carbocycles. The lowest BCUT2D eigenvalue weighted by Crippen LogP contribution is -2.35. The van der Waals surface area contributed by atoms with Crippen molar-refractivity contribution in [2.75, 3.05) is 6.54 Å². The van der Waals surface area contributed by atoms with Crippen LogP contribution in [0.15, 0.2) is 36.5 Å². The summed E-state index contributed by atoms with van der Waals surface area (Å²) in [5, 5.41) is 15.0. The molecule has 1 aliphatic heterocycles. The van der Waals surface area contributed by atoms with Crippen molar-refractivity contribution in [3.05, 3.63) is 53.3 Å². The molecule has 1 fully saturated rings. The minimum Gasteiger partial charge on any atom is -0.388 e. The second kappa shape index (κ2) is 7.95. The van der Waals surface area contributed by atoms with Gasteiger partial charge in [-0.15, -0.1) is 0 Å². The Kier molecular flexibility index (Phi) is 5.69. The Hall–Kier alpha value is -1.65. The molecule has 3 rings (SSSR count). The number of nitrogens with zero attached hydrogens (tertiary/aromatic N) is 3. The molecular weight excluding hydrogens is 298 g/mol. The molecule has 4 heteroatoms. The molecule has 1 aliphatic rings. The second-order valence-corrected chi connectivity index (χ2v) is 7.01. The fraction of sp³-hybridized carbons (Fsp3) is 0.550. The van der Waals surface area contributed by atoms with E-state index in [1.165, 1.54) is 36.9 Å². The minimum absolute atomic E-state index is 0.383. The van der Waals surface area contributed by atoms with Crippen molar-refractivity contribution < 1.29 is 5.11 Å². The smallest absolute Gasteiger partial charge is 0.0805 e. The summed E-state index contributed by atoms with van der Waals surface area (Å²) >= 11 is 0. The fourth-order valence-electron chi connectivity index (χ4n) is 3.70. The standard InChI is InChI=1S/C20H29N3O/c1-16-18(14-21-22(16)2)15-23-12-8-4-7-11-19(23)13-20(24)17-9-5-3-6-10-17/h3,5-6,9-10,14,19-20,24H,4,7-8,11-13,15H2,1-2H3. The van der Waals surface area contributed by atoms with Gasteiger partial charge in [0.2, 0.25) is 0 Å². The number of rotatable bonds is 5. The topological polar surface area (TPSA) is 41.3 Å². The monoisotopic (exact) mass is 327 g/mol. The van der Waals surface area contributed by atoms with E-state index in [1.807, 2.05) is 48.3 Å². The summed E-state index contributed by atoms with van der Waals surface area (Å²) in [4.78, 5) is 2.56. The van der Waals surface area contributed by atoms with Crippen molar-refractivity contribution in [2.45, 2.75) is 57.7 Å². The van der Waals surface area contributed by atoms with Crippen LogP contribution in [0.5, 0.6) is 0 Å². The second-order valence-electron chi connectivity index (χ2n) is 7.01. The normalized spacial score (nSPS) is 20.7. The van der Waals surface area contributed by atoms with Crippen molar-refractivity contribution in [2.24, 2.45) is 7.05 Å². The molecule has 1 aromatic carbocycles. The first kappa shape index (κ1) is 17.2. The van der Waals surface area contributed by atoms with E-state index in [4.69, 9.17) is 0 Å². The predicted octanol–water partition coefficient (Wildman–Crippen LogP) is 3.60. The maximum Gasteiger partial charge on any atom is 0.0805 e. The van der Waals surface area contributed by atoms with Crippen LogP contribution in [0.3, 0.4) is 0 Å². The molecule has 2 aromatic rings. The van der Waals surface area contributed by atoms with Crippen LogP contribution >= 0.6 is 0 Å². The maximum atomic E-state index is 10.7. The number of aromatic nitrogens is 2. The zero-order chi connectivity index (χ0) is 16.9. The summed E-state index contributed by atoms with van der Waals surface area (Å²) in [6.45, 7) is 4.18. The zero-order valence-corrected chi connectivity index (χ0v) is 14.9. The first-order valence-electron chi connectivity index (χ1n) is 9.09. The van der Waals surface area contributed by atoms with Crippen LogP contribution in [0.2, 0.25) is 0 Å². The van der Waals surface area contributed by atoms with E-state index in [2.05, 4.69) is 16.9 Å². The lowest BCUT2D eigenvalue weighted by atomic mass is 9.98. The molecule has 4 nitrogen and oxygen atoms in total. The number of aliphatic hydroxyl groups excluding tert-OH is 1. The lowest BCUT2D eigenvalue weighted by Gasteiger charge is -2.31. The Labute approximate surface area is 145 Å². The van der Waals surface area contributed by atoms with Crippen molar-refractivity contribution in [3.8, 4) is 0 Å².